The van der Waals surface area contributed by atoms with Crippen LogP contribution in [0.15, 0.2) is 16.7 Å². The van der Waals surface area contributed by atoms with Gasteiger partial charge in [-0.15, -0.1) is 0 Å². The van der Waals surface area contributed by atoms with Crippen LogP contribution in [0.25, 0.3) is 0 Å². The summed E-state index contributed by atoms with van der Waals surface area (Å²) >= 11 is 3.10. The Labute approximate surface area is 86.7 Å². The molecule has 0 aliphatic carbocycles. The van der Waals surface area contributed by atoms with Crippen molar-refractivity contribution in [3.63, 3.8) is 0 Å². The van der Waals surface area contributed by atoms with E-state index >= 15 is 0 Å². The van der Waals surface area contributed by atoms with Crippen molar-refractivity contribution in [3.8, 4) is 0 Å². The van der Waals surface area contributed by atoms with E-state index in [2.05, 4.69) is 26.2 Å². The van der Waals surface area contributed by atoms with Crippen molar-refractivity contribution in [2.45, 2.75) is 12.1 Å². The lowest BCUT2D eigenvalue weighted by Crippen LogP contribution is -2.22. The van der Waals surface area contributed by atoms with Gasteiger partial charge in [-0.2, -0.15) is 13.2 Å². The van der Waals surface area contributed by atoms with Crippen LogP contribution in [0.2, 0.25) is 0 Å². The number of alkyl halides is 3. The average molecular weight is 267 g/mol. The van der Waals surface area contributed by atoms with Gasteiger partial charge in [0.25, 0.3) is 0 Å². The van der Waals surface area contributed by atoms with Gasteiger partial charge < -0.3 is 5.32 Å². The van der Waals surface area contributed by atoms with Gasteiger partial charge in [-0.3, -0.25) is 0 Å². The lowest BCUT2D eigenvalue weighted by atomic mass is 10.0. The molecule has 2 heterocycles. The predicted molar refractivity (Wildman–Crippen MR) is 49.2 cm³/mol. The fourth-order valence-corrected chi connectivity index (χ4v) is 1.82. The van der Waals surface area contributed by atoms with Gasteiger partial charge >= 0.3 is 6.18 Å². The molecule has 0 saturated carbocycles. The zero-order valence-corrected chi connectivity index (χ0v) is 8.48. The lowest BCUT2D eigenvalue weighted by molar-refractivity contribution is -0.145. The number of hydrogen-bond acceptors (Lipinski definition) is 2. The van der Waals surface area contributed by atoms with Crippen molar-refractivity contribution >= 4 is 21.7 Å². The second kappa shape index (κ2) is 3.12. The number of pyridine rings is 1. The average Bonchev–Trinajstić information content (AvgIpc) is 2.45. The third-order valence-corrected chi connectivity index (χ3v) is 2.56. The fourth-order valence-electron chi connectivity index (χ4n) is 1.47. The van der Waals surface area contributed by atoms with Crippen LogP contribution in [0.1, 0.15) is 11.5 Å². The number of anilines is 1. The van der Waals surface area contributed by atoms with Crippen LogP contribution in [0, 0.1) is 0 Å². The number of aromatic nitrogens is 1. The largest absolute Gasteiger partial charge is 0.397 e. The van der Waals surface area contributed by atoms with E-state index in [-0.39, 0.29) is 12.1 Å². The van der Waals surface area contributed by atoms with Crippen LogP contribution in [0.4, 0.5) is 19.0 Å². The Morgan fingerprint density at radius 3 is 2.86 bits per heavy atom. The number of halogens is 4. The highest BCUT2D eigenvalue weighted by molar-refractivity contribution is 9.10. The van der Waals surface area contributed by atoms with Gasteiger partial charge in [-0.05, 0) is 22.0 Å². The maximum Gasteiger partial charge on any atom is 0.397 e. The van der Waals surface area contributed by atoms with E-state index in [0.29, 0.717) is 10.3 Å². The lowest BCUT2D eigenvalue weighted by Gasteiger charge is -2.13. The maximum absolute atomic E-state index is 12.5. The second-order valence-electron chi connectivity index (χ2n) is 3.07. The van der Waals surface area contributed by atoms with E-state index in [1.807, 2.05) is 0 Å². The number of nitrogens with zero attached hydrogens (tertiary/aromatic N) is 1. The molecule has 2 rings (SSSR count). The van der Waals surface area contributed by atoms with E-state index in [9.17, 15) is 13.2 Å². The molecule has 14 heavy (non-hydrogen) atoms. The summed E-state index contributed by atoms with van der Waals surface area (Å²) < 4.78 is 38.0. The summed E-state index contributed by atoms with van der Waals surface area (Å²) in [5.74, 6) is -1.11. The first-order valence-electron chi connectivity index (χ1n) is 3.94. The second-order valence-corrected chi connectivity index (χ2v) is 3.98. The van der Waals surface area contributed by atoms with Gasteiger partial charge in [0.1, 0.15) is 11.7 Å². The molecule has 1 aliphatic heterocycles. The van der Waals surface area contributed by atoms with E-state index in [1.165, 1.54) is 12.3 Å². The summed E-state index contributed by atoms with van der Waals surface area (Å²) in [6, 6.07) is 1.46. The quantitative estimate of drug-likeness (QED) is 0.781. The Balaban J connectivity index is 2.43. The monoisotopic (exact) mass is 266 g/mol. The summed E-state index contributed by atoms with van der Waals surface area (Å²) in [5, 5.41) is 2.63. The zero-order chi connectivity index (χ0) is 10.3. The Hall–Kier alpha value is -0.780. The number of nitrogens with one attached hydrogen (secondary N) is 1. The molecule has 0 fully saturated rings. The minimum atomic E-state index is -4.21. The SMILES string of the molecule is FC(F)(F)C1CNc2ncc(Br)cc21. The summed E-state index contributed by atoms with van der Waals surface area (Å²) in [7, 11) is 0. The van der Waals surface area contributed by atoms with Gasteiger partial charge in [0.05, 0.1) is 0 Å². The van der Waals surface area contributed by atoms with Crippen molar-refractivity contribution in [1.29, 1.82) is 0 Å². The van der Waals surface area contributed by atoms with Crippen molar-refractivity contribution in [1.82, 2.24) is 4.98 Å². The summed E-state index contributed by atoms with van der Waals surface area (Å²) in [6.07, 6.45) is -2.73. The minimum Gasteiger partial charge on any atom is -0.369 e. The molecule has 1 aromatic rings. The molecule has 1 aliphatic rings. The van der Waals surface area contributed by atoms with Crippen molar-refractivity contribution in [2.24, 2.45) is 0 Å². The smallest absolute Gasteiger partial charge is 0.369 e. The topological polar surface area (TPSA) is 24.9 Å². The van der Waals surface area contributed by atoms with Crippen molar-refractivity contribution in [2.75, 3.05) is 11.9 Å². The molecule has 0 spiro atoms. The highest BCUT2D eigenvalue weighted by Gasteiger charge is 2.44. The van der Waals surface area contributed by atoms with Crippen LogP contribution < -0.4 is 5.32 Å². The van der Waals surface area contributed by atoms with E-state index in [0.717, 1.165) is 0 Å². The summed E-state index contributed by atoms with van der Waals surface area (Å²) in [4.78, 5) is 3.86. The highest BCUT2D eigenvalue weighted by Crippen LogP contribution is 2.42. The number of rotatable bonds is 0. The van der Waals surface area contributed by atoms with Crippen LogP contribution in [0.3, 0.4) is 0 Å². The van der Waals surface area contributed by atoms with Crippen LogP contribution in [0.5, 0.6) is 0 Å². The predicted octanol–water partition coefficient (Wildman–Crippen LogP) is 2.92. The van der Waals surface area contributed by atoms with Crippen LogP contribution in [-0.2, 0) is 0 Å². The third kappa shape index (κ3) is 1.58. The van der Waals surface area contributed by atoms with Crippen LogP contribution >= 0.6 is 15.9 Å². The van der Waals surface area contributed by atoms with E-state index in [1.54, 1.807) is 0 Å². The first-order valence-corrected chi connectivity index (χ1v) is 4.74. The fraction of sp³-hybridized carbons (Fsp3) is 0.375. The maximum atomic E-state index is 12.5. The van der Waals surface area contributed by atoms with Gasteiger partial charge in [0.15, 0.2) is 0 Å². The van der Waals surface area contributed by atoms with Gasteiger partial charge in [-0.1, -0.05) is 0 Å². The van der Waals surface area contributed by atoms with E-state index in [4.69, 9.17) is 0 Å². The van der Waals surface area contributed by atoms with Gasteiger partial charge in [0, 0.05) is 22.8 Å². The summed E-state index contributed by atoms with van der Waals surface area (Å²) in [6.45, 7) is -0.123. The molecule has 1 N–H and O–H groups in total. The molecule has 0 aromatic carbocycles. The van der Waals surface area contributed by atoms with Crippen molar-refractivity contribution < 1.29 is 13.2 Å². The standard InChI is InChI=1S/C8H6BrF3N2/c9-4-1-5-6(8(10,11)12)3-14-7(5)13-2-4/h1-2,6H,3H2,(H,13,14). The molecule has 0 amide bonds. The molecule has 1 aromatic heterocycles. The molecule has 0 saturated heterocycles. The summed E-state index contributed by atoms with van der Waals surface area (Å²) in [5.41, 5.74) is 0.215. The molecule has 2 nitrogen and oxygen atoms in total. The Kier molecular flexibility index (Phi) is 2.17. The Morgan fingerprint density at radius 1 is 1.50 bits per heavy atom. The third-order valence-electron chi connectivity index (χ3n) is 2.13. The van der Waals surface area contributed by atoms with Crippen LogP contribution in [-0.4, -0.2) is 17.7 Å². The highest BCUT2D eigenvalue weighted by atomic mass is 79.9. The molecule has 0 bridgehead atoms. The molecule has 1 unspecified atom stereocenters. The number of fused-ring (bicyclic) bond motifs is 1. The van der Waals surface area contributed by atoms with Crippen molar-refractivity contribution in [3.05, 3.63) is 22.3 Å². The Morgan fingerprint density at radius 2 is 2.21 bits per heavy atom. The normalized spacial score (nSPS) is 20.4. The first-order chi connectivity index (χ1) is 6.48. The zero-order valence-electron chi connectivity index (χ0n) is 6.90. The number of hydrogen-bond donors (Lipinski definition) is 1. The minimum absolute atomic E-state index is 0.123. The Bertz CT molecular complexity index is 364. The molecule has 6 heteroatoms. The van der Waals surface area contributed by atoms with E-state index < -0.39 is 12.1 Å². The molecule has 76 valence electrons. The van der Waals surface area contributed by atoms with Gasteiger partial charge in [-0.25, -0.2) is 4.98 Å². The first kappa shape index (κ1) is 9.76. The molecule has 0 radical (unpaired) electrons. The molecular formula is C8H6BrF3N2. The van der Waals surface area contributed by atoms with Gasteiger partial charge in [0.2, 0.25) is 0 Å². The molecular weight excluding hydrogens is 261 g/mol. The molecule has 1 atom stereocenters.